The van der Waals surface area contributed by atoms with E-state index in [4.69, 9.17) is 17.3 Å². The van der Waals surface area contributed by atoms with Crippen molar-refractivity contribution < 1.29 is 18.0 Å². The fourth-order valence-corrected chi connectivity index (χ4v) is 1.82. The Hall–Kier alpha value is -2.21. The maximum absolute atomic E-state index is 13.5. The fourth-order valence-electron chi connectivity index (χ4n) is 1.58. The van der Waals surface area contributed by atoms with Crippen molar-refractivity contribution in [1.29, 1.82) is 0 Å². The van der Waals surface area contributed by atoms with E-state index in [0.29, 0.717) is 6.07 Å². The van der Waals surface area contributed by atoms with Crippen LogP contribution in [0.25, 0.3) is 0 Å². The second-order valence-electron chi connectivity index (χ2n) is 3.90. The molecule has 0 aliphatic heterocycles. The second kappa shape index (κ2) is 5.42. The van der Waals surface area contributed by atoms with Crippen LogP contribution < -0.4 is 11.1 Å². The number of anilines is 2. The molecule has 2 rings (SSSR count). The van der Waals surface area contributed by atoms with Crippen molar-refractivity contribution >= 4 is 28.9 Å². The topological polar surface area (TPSA) is 55.1 Å². The van der Waals surface area contributed by atoms with Crippen LogP contribution in [0.3, 0.4) is 0 Å². The SMILES string of the molecule is Nc1c(F)cccc1C(=O)Nc1c(F)cc(F)cc1Cl. The van der Waals surface area contributed by atoms with Gasteiger partial charge in [-0.05, 0) is 18.2 Å². The molecule has 0 aliphatic rings. The number of nitrogen functional groups attached to an aromatic ring is 1. The number of halogens is 4. The first kappa shape index (κ1) is 14.2. The molecule has 0 saturated carbocycles. The van der Waals surface area contributed by atoms with Gasteiger partial charge in [-0.1, -0.05) is 17.7 Å². The molecule has 0 fully saturated rings. The van der Waals surface area contributed by atoms with Crippen molar-refractivity contribution in [3.63, 3.8) is 0 Å². The summed E-state index contributed by atoms with van der Waals surface area (Å²) in [6.07, 6.45) is 0. The summed E-state index contributed by atoms with van der Waals surface area (Å²) in [5, 5.41) is 1.82. The molecule has 0 aliphatic carbocycles. The third kappa shape index (κ3) is 2.70. The smallest absolute Gasteiger partial charge is 0.257 e. The predicted molar refractivity (Wildman–Crippen MR) is 70.1 cm³/mol. The molecule has 0 aromatic heterocycles. The number of benzene rings is 2. The van der Waals surface area contributed by atoms with Gasteiger partial charge in [-0.25, -0.2) is 13.2 Å². The van der Waals surface area contributed by atoms with E-state index < -0.39 is 29.0 Å². The largest absolute Gasteiger partial charge is 0.396 e. The first-order valence-electron chi connectivity index (χ1n) is 5.40. The maximum atomic E-state index is 13.5. The van der Waals surface area contributed by atoms with Gasteiger partial charge in [0.2, 0.25) is 0 Å². The van der Waals surface area contributed by atoms with Gasteiger partial charge in [0, 0.05) is 6.07 Å². The average Bonchev–Trinajstić information content (AvgIpc) is 2.36. The highest BCUT2D eigenvalue weighted by molar-refractivity contribution is 6.34. The fraction of sp³-hybridized carbons (Fsp3) is 0. The number of nitrogens with one attached hydrogen (secondary N) is 1. The molecule has 3 N–H and O–H groups in total. The van der Waals surface area contributed by atoms with Crippen molar-refractivity contribution in [3.05, 3.63) is 58.4 Å². The van der Waals surface area contributed by atoms with Crippen molar-refractivity contribution in [1.82, 2.24) is 0 Å². The standard InChI is InChI=1S/C13H8ClF3N2O/c14-8-4-6(15)5-10(17)12(8)19-13(20)7-2-1-3-9(16)11(7)18/h1-5H,18H2,(H,19,20). The lowest BCUT2D eigenvalue weighted by Gasteiger charge is -2.10. The average molecular weight is 301 g/mol. The Morgan fingerprint density at radius 3 is 2.50 bits per heavy atom. The van der Waals surface area contributed by atoms with Gasteiger partial charge in [-0.15, -0.1) is 0 Å². The van der Waals surface area contributed by atoms with Gasteiger partial charge in [0.15, 0.2) is 5.82 Å². The third-order valence-corrected chi connectivity index (χ3v) is 2.84. The molecule has 0 saturated heterocycles. The van der Waals surface area contributed by atoms with Crippen molar-refractivity contribution in [2.75, 3.05) is 11.1 Å². The van der Waals surface area contributed by atoms with Crippen molar-refractivity contribution in [3.8, 4) is 0 Å². The van der Waals surface area contributed by atoms with Gasteiger partial charge in [0.05, 0.1) is 22.0 Å². The number of amides is 1. The van der Waals surface area contributed by atoms with Gasteiger partial charge in [0.25, 0.3) is 5.91 Å². The molecule has 0 atom stereocenters. The lowest BCUT2D eigenvalue weighted by molar-refractivity contribution is 0.102. The number of carbonyl (C=O) groups is 1. The van der Waals surface area contributed by atoms with Crippen LogP contribution in [0.2, 0.25) is 5.02 Å². The summed E-state index contributed by atoms with van der Waals surface area (Å²) in [5.74, 6) is -3.55. The molecule has 7 heteroatoms. The van der Waals surface area contributed by atoms with Crippen LogP contribution in [0.4, 0.5) is 24.5 Å². The highest BCUT2D eigenvalue weighted by atomic mass is 35.5. The molecular weight excluding hydrogens is 293 g/mol. The molecule has 0 spiro atoms. The number of nitrogens with two attached hydrogens (primary N) is 1. The van der Waals surface area contributed by atoms with E-state index in [1.807, 2.05) is 0 Å². The Bertz CT molecular complexity index is 668. The van der Waals surface area contributed by atoms with E-state index in [1.54, 1.807) is 0 Å². The molecule has 0 bridgehead atoms. The Morgan fingerprint density at radius 2 is 1.85 bits per heavy atom. The van der Waals surface area contributed by atoms with Crippen molar-refractivity contribution in [2.24, 2.45) is 0 Å². The molecule has 20 heavy (non-hydrogen) atoms. The van der Waals surface area contributed by atoms with E-state index in [0.717, 1.165) is 12.1 Å². The normalized spacial score (nSPS) is 10.4. The Morgan fingerprint density at radius 1 is 1.15 bits per heavy atom. The minimum atomic E-state index is -1.04. The summed E-state index contributed by atoms with van der Waals surface area (Å²) in [5.41, 5.74) is 4.47. The van der Waals surface area contributed by atoms with Gasteiger partial charge < -0.3 is 11.1 Å². The van der Waals surface area contributed by atoms with Crippen LogP contribution in [-0.4, -0.2) is 5.91 Å². The van der Waals surface area contributed by atoms with Gasteiger partial charge in [0.1, 0.15) is 11.6 Å². The first-order valence-corrected chi connectivity index (χ1v) is 5.78. The van der Waals surface area contributed by atoms with Crippen LogP contribution >= 0.6 is 11.6 Å². The van der Waals surface area contributed by atoms with E-state index in [2.05, 4.69) is 5.32 Å². The molecule has 2 aromatic carbocycles. The van der Waals surface area contributed by atoms with Gasteiger partial charge in [-0.3, -0.25) is 4.79 Å². The molecule has 0 unspecified atom stereocenters. The quantitative estimate of drug-likeness (QED) is 0.833. The van der Waals surface area contributed by atoms with E-state index >= 15 is 0 Å². The predicted octanol–water partition coefficient (Wildman–Crippen LogP) is 3.59. The molecular formula is C13H8ClF3N2O. The number of carbonyl (C=O) groups excluding carboxylic acids is 1. The van der Waals surface area contributed by atoms with Gasteiger partial charge >= 0.3 is 0 Å². The molecule has 3 nitrogen and oxygen atoms in total. The summed E-state index contributed by atoms with van der Waals surface area (Å²) in [7, 11) is 0. The van der Waals surface area contributed by atoms with E-state index in [-0.39, 0.29) is 16.3 Å². The summed E-state index contributed by atoms with van der Waals surface area (Å²) >= 11 is 5.64. The monoisotopic (exact) mass is 300 g/mol. The zero-order valence-corrected chi connectivity index (χ0v) is 10.6. The van der Waals surface area contributed by atoms with E-state index in [9.17, 15) is 18.0 Å². The molecule has 0 radical (unpaired) electrons. The minimum Gasteiger partial charge on any atom is -0.396 e. The molecule has 104 valence electrons. The second-order valence-corrected chi connectivity index (χ2v) is 4.31. The van der Waals surface area contributed by atoms with Crippen LogP contribution in [0.5, 0.6) is 0 Å². The number of para-hydroxylation sites is 1. The number of rotatable bonds is 2. The number of hydrogen-bond donors (Lipinski definition) is 2. The maximum Gasteiger partial charge on any atom is 0.257 e. The summed E-state index contributed by atoms with van der Waals surface area (Å²) in [6, 6.07) is 5.04. The Balaban J connectivity index is 2.36. The first-order chi connectivity index (χ1) is 9.40. The Labute approximate surface area is 117 Å². The zero-order chi connectivity index (χ0) is 14.9. The van der Waals surface area contributed by atoms with E-state index in [1.165, 1.54) is 12.1 Å². The highest BCUT2D eigenvalue weighted by Crippen LogP contribution is 2.27. The number of hydrogen-bond acceptors (Lipinski definition) is 2. The summed E-state index contributed by atoms with van der Waals surface area (Å²) < 4.78 is 39.6. The summed E-state index contributed by atoms with van der Waals surface area (Å²) in [4.78, 5) is 11.9. The molecule has 0 heterocycles. The van der Waals surface area contributed by atoms with Crippen LogP contribution in [0.15, 0.2) is 30.3 Å². The minimum absolute atomic E-state index is 0.176. The van der Waals surface area contributed by atoms with Crippen LogP contribution in [-0.2, 0) is 0 Å². The highest BCUT2D eigenvalue weighted by Gasteiger charge is 2.17. The van der Waals surface area contributed by atoms with Crippen LogP contribution in [0, 0.1) is 17.5 Å². The van der Waals surface area contributed by atoms with Gasteiger partial charge in [-0.2, -0.15) is 0 Å². The van der Waals surface area contributed by atoms with Crippen LogP contribution in [0.1, 0.15) is 10.4 Å². The summed E-state index contributed by atoms with van der Waals surface area (Å²) in [6.45, 7) is 0. The Kier molecular flexibility index (Phi) is 3.85. The third-order valence-electron chi connectivity index (χ3n) is 2.54. The lowest BCUT2D eigenvalue weighted by Crippen LogP contribution is -2.16. The lowest BCUT2D eigenvalue weighted by atomic mass is 10.1. The van der Waals surface area contributed by atoms with Crippen molar-refractivity contribution in [2.45, 2.75) is 0 Å². The molecule has 1 amide bonds. The zero-order valence-electron chi connectivity index (χ0n) is 9.88. The molecule has 2 aromatic rings.